The van der Waals surface area contributed by atoms with Crippen LogP contribution in [-0.4, -0.2) is 33.4 Å². The van der Waals surface area contributed by atoms with Crippen LogP contribution in [0.3, 0.4) is 0 Å². The van der Waals surface area contributed by atoms with Gasteiger partial charge < -0.3 is 19.9 Å². The Labute approximate surface area is 183 Å². The van der Waals surface area contributed by atoms with Gasteiger partial charge in [0.1, 0.15) is 23.0 Å². The molecule has 1 aliphatic carbocycles. The maximum atomic E-state index is 13.3. The van der Waals surface area contributed by atoms with Crippen molar-refractivity contribution in [2.24, 2.45) is 0 Å². The van der Waals surface area contributed by atoms with Gasteiger partial charge in [0.15, 0.2) is 17.1 Å². The Hall–Kier alpha value is -3.81. The summed E-state index contributed by atoms with van der Waals surface area (Å²) in [4.78, 5) is 22.8. The van der Waals surface area contributed by atoms with Crippen molar-refractivity contribution in [1.82, 2.24) is 14.5 Å². The molecule has 0 spiro atoms. The summed E-state index contributed by atoms with van der Waals surface area (Å²) < 4.78 is 18.5. The molecule has 0 amide bonds. The van der Waals surface area contributed by atoms with Crippen LogP contribution in [0.5, 0.6) is 11.5 Å². The number of aromatic nitrogens is 3. The molecule has 8 nitrogen and oxygen atoms in total. The van der Waals surface area contributed by atoms with Gasteiger partial charge in [-0.15, -0.1) is 0 Å². The second-order valence-electron chi connectivity index (χ2n) is 8.18. The van der Waals surface area contributed by atoms with Gasteiger partial charge in [0.2, 0.25) is 6.79 Å². The van der Waals surface area contributed by atoms with E-state index in [1.807, 2.05) is 42.5 Å². The lowest BCUT2D eigenvalue weighted by atomic mass is 9.98. The van der Waals surface area contributed by atoms with E-state index in [2.05, 4.69) is 0 Å². The molecule has 0 atom stereocenters. The molecule has 162 valence electrons. The predicted molar refractivity (Wildman–Crippen MR) is 119 cm³/mol. The first kappa shape index (κ1) is 18.9. The maximum absolute atomic E-state index is 13.3. The van der Waals surface area contributed by atoms with Crippen LogP contribution in [0.1, 0.15) is 42.5 Å². The van der Waals surface area contributed by atoms with Crippen molar-refractivity contribution in [3.63, 3.8) is 0 Å². The molecule has 1 fully saturated rings. The number of esters is 1. The predicted octanol–water partition coefficient (Wildman–Crippen LogP) is 4.37. The monoisotopic (exact) mass is 430 g/mol. The minimum absolute atomic E-state index is 0.0898. The first-order valence-corrected chi connectivity index (χ1v) is 10.9. The van der Waals surface area contributed by atoms with Crippen LogP contribution in [-0.2, 0) is 4.74 Å². The van der Waals surface area contributed by atoms with Crippen molar-refractivity contribution in [3.05, 3.63) is 48.0 Å². The van der Waals surface area contributed by atoms with Gasteiger partial charge in [-0.3, -0.25) is 4.57 Å². The highest BCUT2D eigenvalue weighted by atomic mass is 16.7. The fraction of sp³-hybridized carbons (Fsp3) is 0.292. The number of ether oxygens (including phenoxy) is 3. The Kier molecular flexibility index (Phi) is 4.38. The Morgan fingerprint density at radius 1 is 1.00 bits per heavy atom. The molecule has 3 heterocycles. The summed E-state index contributed by atoms with van der Waals surface area (Å²) in [5, 5.41) is 0. The number of fused-ring (bicyclic) bond motifs is 3. The molecule has 4 aromatic rings. The fourth-order valence-corrected chi connectivity index (χ4v) is 4.54. The van der Waals surface area contributed by atoms with E-state index in [0.717, 1.165) is 25.7 Å². The summed E-state index contributed by atoms with van der Waals surface area (Å²) in [5.41, 5.74) is 9.86. The van der Waals surface area contributed by atoms with Gasteiger partial charge in [-0.25, -0.2) is 14.8 Å². The van der Waals surface area contributed by atoms with E-state index >= 15 is 0 Å². The first-order valence-electron chi connectivity index (χ1n) is 10.9. The molecule has 2 aromatic carbocycles. The highest BCUT2D eigenvalue weighted by Gasteiger charge is 2.29. The van der Waals surface area contributed by atoms with E-state index in [0.29, 0.717) is 39.4 Å². The van der Waals surface area contributed by atoms with Crippen molar-refractivity contribution >= 4 is 34.0 Å². The molecule has 1 saturated carbocycles. The van der Waals surface area contributed by atoms with Crippen LogP contribution < -0.4 is 15.2 Å². The summed E-state index contributed by atoms with van der Waals surface area (Å²) in [6.45, 7) is 0.171. The summed E-state index contributed by atoms with van der Waals surface area (Å²) in [6, 6.07) is 13.0. The van der Waals surface area contributed by atoms with E-state index < -0.39 is 5.97 Å². The van der Waals surface area contributed by atoms with Crippen molar-refractivity contribution in [1.29, 1.82) is 0 Å². The Balaban J connectivity index is 1.54. The molecule has 1 aliphatic heterocycles. The van der Waals surface area contributed by atoms with Gasteiger partial charge in [-0.1, -0.05) is 18.6 Å². The third kappa shape index (κ3) is 3.02. The minimum Gasteiger partial charge on any atom is -0.459 e. The molecule has 0 radical (unpaired) electrons. The Bertz CT molecular complexity index is 1360. The standard InChI is InChI=1S/C24H22N4O4/c25-22-20(24(29)32-15-6-2-1-3-7-15)21-23(27-17-9-5-4-8-16(17)26-21)28(22)14-10-11-18-19(12-14)31-13-30-18/h4-5,8-12,15H,1-3,6-7,13,25H2. The number of rotatable bonds is 3. The summed E-state index contributed by atoms with van der Waals surface area (Å²) in [5.74, 6) is 1.07. The number of nitrogen functional groups attached to an aromatic ring is 1. The number of nitrogens with two attached hydrogens (primary N) is 1. The van der Waals surface area contributed by atoms with E-state index in [1.165, 1.54) is 6.42 Å². The number of hydrogen-bond donors (Lipinski definition) is 1. The zero-order valence-electron chi connectivity index (χ0n) is 17.4. The molecule has 0 bridgehead atoms. The molecule has 0 saturated heterocycles. The van der Waals surface area contributed by atoms with Crippen LogP contribution in [0.4, 0.5) is 5.82 Å². The Morgan fingerprint density at radius 2 is 1.75 bits per heavy atom. The zero-order chi connectivity index (χ0) is 21.7. The SMILES string of the molecule is Nc1c(C(=O)OC2CCCCC2)c2nc3ccccc3nc2n1-c1ccc2c(c1)OCO2. The summed E-state index contributed by atoms with van der Waals surface area (Å²) in [7, 11) is 0. The van der Waals surface area contributed by atoms with Crippen LogP contribution in [0, 0.1) is 0 Å². The van der Waals surface area contributed by atoms with E-state index in [1.54, 1.807) is 4.57 Å². The normalized spacial score (nSPS) is 16.0. The third-order valence-electron chi connectivity index (χ3n) is 6.14. The second kappa shape index (κ2) is 7.40. The molecule has 2 N–H and O–H groups in total. The van der Waals surface area contributed by atoms with Gasteiger partial charge in [0, 0.05) is 6.07 Å². The van der Waals surface area contributed by atoms with E-state index in [9.17, 15) is 4.79 Å². The van der Waals surface area contributed by atoms with Gasteiger partial charge in [0.05, 0.1) is 16.7 Å². The zero-order valence-corrected chi connectivity index (χ0v) is 17.4. The smallest absolute Gasteiger partial charge is 0.344 e. The van der Waals surface area contributed by atoms with Gasteiger partial charge in [0.25, 0.3) is 0 Å². The average Bonchev–Trinajstić information content (AvgIpc) is 3.39. The highest BCUT2D eigenvalue weighted by Crippen LogP contribution is 2.37. The first-order chi connectivity index (χ1) is 15.7. The Morgan fingerprint density at radius 3 is 2.56 bits per heavy atom. The average molecular weight is 430 g/mol. The van der Waals surface area contributed by atoms with Crippen LogP contribution in [0.15, 0.2) is 42.5 Å². The van der Waals surface area contributed by atoms with Crippen LogP contribution >= 0.6 is 0 Å². The highest BCUT2D eigenvalue weighted by molar-refractivity contribution is 6.09. The molecular formula is C24H22N4O4. The van der Waals surface area contributed by atoms with Crippen molar-refractivity contribution < 1.29 is 19.0 Å². The van der Waals surface area contributed by atoms with Gasteiger partial charge in [-0.05, 0) is 49.9 Å². The third-order valence-corrected chi connectivity index (χ3v) is 6.14. The molecule has 6 rings (SSSR count). The minimum atomic E-state index is -0.455. The van der Waals surface area contributed by atoms with Crippen LogP contribution in [0.25, 0.3) is 27.9 Å². The van der Waals surface area contributed by atoms with Crippen molar-refractivity contribution in [2.45, 2.75) is 38.2 Å². The molecule has 2 aromatic heterocycles. The topological polar surface area (TPSA) is 101 Å². The molecule has 32 heavy (non-hydrogen) atoms. The fourth-order valence-electron chi connectivity index (χ4n) is 4.54. The lowest BCUT2D eigenvalue weighted by molar-refractivity contribution is 0.0214. The van der Waals surface area contributed by atoms with E-state index in [-0.39, 0.29) is 24.3 Å². The number of carbonyl (C=O) groups is 1. The lowest BCUT2D eigenvalue weighted by Gasteiger charge is -2.21. The number of nitrogens with zero attached hydrogens (tertiary/aromatic N) is 3. The number of carbonyl (C=O) groups excluding carboxylic acids is 1. The van der Waals surface area contributed by atoms with E-state index in [4.69, 9.17) is 29.9 Å². The number of anilines is 1. The van der Waals surface area contributed by atoms with Gasteiger partial charge in [-0.2, -0.15) is 0 Å². The number of benzene rings is 2. The number of hydrogen-bond acceptors (Lipinski definition) is 7. The largest absolute Gasteiger partial charge is 0.459 e. The second-order valence-corrected chi connectivity index (χ2v) is 8.18. The summed E-state index contributed by atoms with van der Waals surface area (Å²) >= 11 is 0. The quantitative estimate of drug-likeness (QED) is 0.482. The van der Waals surface area contributed by atoms with Crippen molar-refractivity contribution in [2.75, 3.05) is 12.5 Å². The molecule has 0 unspecified atom stereocenters. The maximum Gasteiger partial charge on any atom is 0.344 e. The van der Waals surface area contributed by atoms with Crippen molar-refractivity contribution in [3.8, 4) is 17.2 Å². The molecule has 2 aliphatic rings. The van der Waals surface area contributed by atoms with Crippen LogP contribution in [0.2, 0.25) is 0 Å². The molecular weight excluding hydrogens is 408 g/mol. The number of para-hydroxylation sites is 2. The lowest BCUT2D eigenvalue weighted by Crippen LogP contribution is -2.21. The molecule has 8 heteroatoms. The summed E-state index contributed by atoms with van der Waals surface area (Å²) in [6.07, 6.45) is 4.97. The van der Waals surface area contributed by atoms with Gasteiger partial charge >= 0.3 is 5.97 Å².